The third-order valence-corrected chi connectivity index (χ3v) is 5.61. The molecule has 3 aliphatic rings. The third-order valence-electron chi connectivity index (χ3n) is 5.14. The fraction of sp³-hybridized carbons (Fsp3) is 0.933. The van der Waals surface area contributed by atoms with Gasteiger partial charge >= 0.3 is 16.4 Å². The molecule has 15 nitrogen and oxygen atoms in total. The van der Waals surface area contributed by atoms with Crippen LogP contribution < -0.4 is 0 Å². The summed E-state index contributed by atoms with van der Waals surface area (Å²) in [5, 5.41) is 49.0. The van der Waals surface area contributed by atoms with Gasteiger partial charge in [-0.15, -0.1) is 0 Å². The van der Waals surface area contributed by atoms with Gasteiger partial charge in [0.1, 0.15) is 42.7 Å². The number of hydrogen-bond acceptors (Lipinski definition) is 13. The molecule has 10 atom stereocenters. The quantitative estimate of drug-likeness (QED) is 0.192. The van der Waals surface area contributed by atoms with Gasteiger partial charge in [-0.3, -0.25) is 4.55 Å². The van der Waals surface area contributed by atoms with Gasteiger partial charge in [0.15, 0.2) is 12.4 Å². The first-order chi connectivity index (χ1) is 14.4. The molecule has 31 heavy (non-hydrogen) atoms. The van der Waals surface area contributed by atoms with Gasteiger partial charge in [-0.1, -0.05) is 0 Å². The summed E-state index contributed by atoms with van der Waals surface area (Å²) in [5.41, 5.74) is 0. The number of ether oxygens (including phenoxy) is 5. The zero-order chi connectivity index (χ0) is 23.1. The SMILES string of the molecule is C[C@@]1(C(=O)O)OC[C@H]2O[C@@H](O[C@H]3[C@H]([C@H](O)CO)OC[C@@H]3O)[C@H](OS(=O)(=O)O)[C@@H](O)[C@H]2O1. The molecule has 0 radical (unpaired) electrons. The molecule has 6 N–H and O–H groups in total. The maximum atomic E-state index is 11.4. The van der Waals surface area contributed by atoms with Gasteiger partial charge in [-0.25, -0.2) is 8.98 Å². The smallest absolute Gasteiger partial charge is 0.397 e. The number of carboxylic acid groups (broad SMARTS) is 1. The van der Waals surface area contributed by atoms with Crippen LogP contribution >= 0.6 is 0 Å². The highest BCUT2D eigenvalue weighted by molar-refractivity contribution is 7.80. The van der Waals surface area contributed by atoms with Gasteiger partial charge in [0.05, 0.1) is 19.8 Å². The van der Waals surface area contributed by atoms with Gasteiger partial charge in [-0.05, 0) is 0 Å². The molecule has 0 aromatic heterocycles. The lowest BCUT2D eigenvalue weighted by Gasteiger charge is -2.49. The molecule has 0 unspecified atom stereocenters. The van der Waals surface area contributed by atoms with Crippen LogP contribution in [0.5, 0.6) is 0 Å². The zero-order valence-corrected chi connectivity index (χ0v) is 16.9. The summed E-state index contributed by atoms with van der Waals surface area (Å²) in [6, 6.07) is 0. The van der Waals surface area contributed by atoms with E-state index in [1.165, 1.54) is 0 Å². The van der Waals surface area contributed by atoms with Crippen molar-refractivity contribution in [2.75, 3.05) is 19.8 Å². The molecule has 0 saturated carbocycles. The Kier molecular flexibility index (Phi) is 7.21. The molecule has 0 amide bonds. The fourth-order valence-corrected chi connectivity index (χ4v) is 4.03. The summed E-state index contributed by atoms with van der Waals surface area (Å²) < 4.78 is 62.8. The number of aliphatic hydroxyl groups is 4. The molecule has 3 fully saturated rings. The van der Waals surface area contributed by atoms with E-state index in [1.54, 1.807) is 0 Å². The number of carbonyl (C=O) groups is 1. The van der Waals surface area contributed by atoms with E-state index in [2.05, 4.69) is 4.18 Å². The van der Waals surface area contributed by atoms with Crippen LogP contribution in [0.25, 0.3) is 0 Å². The van der Waals surface area contributed by atoms with Crippen molar-refractivity contribution < 1.29 is 71.2 Å². The number of aliphatic carboxylic acids is 1. The Morgan fingerprint density at radius 2 is 1.94 bits per heavy atom. The first kappa shape index (κ1) is 24.6. The van der Waals surface area contributed by atoms with E-state index < -0.39 is 90.5 Å². The molecule has 3 saturated heterocycles. The highest BCUT2D eigenvalue weighted by Crippen LogP contribution is 2.36. The second-order valence-electron chi connectivity index (χ2n) is 7.38. The van der Waals surface area contributed by atoms with Crippen LogP contribution in [0.2, 0.25) is 0 Å². The molecule has 0 aromatic rings. The molecular weight excluding hydrogens is 452 g/mol. The van der Waals surface area contributed by atoms with E-state index in [4.69, 9.17) is 33.3 Å². The molecule has 0 aliphatic carbocycles. The second kappa shape index (κ2) is 9.08. The third kappa shape index (κ3) is 5.15. The summed E-state index contributed by atoms with van der Waals surface area (Å²) in [7, 11) is -5.16. The molecule has 3 aliphatic heterocycles. The lowest BCUT2D eigenvalue weighted by atomic mass is 9.97. The van der Waals surface area contributed by atoms with E-state index in [9.17, 15) is 33.6 Å². The zero-order valence-electron chi connectivity index (χ0n) is 16.1. The molecule has 180 valence electrons. The van der Waals surface area contributed by atoms with Crippen molar-refractivity contribution in [3.8, 4) is 0 Å². The van der Waals surface area contributed by atoms with E-state index in [0.717, 1.165) is 6.92 Å². The molecule has 0 bridgehead atoms. The maximum absolute atomic E-state index is 11.4. The standard InChI is InChI=1S/C15H24O15S/c1-15(14(20)21)26-4-7-11(29-15)8(19)12(30-31(22,23)24)13(27-7)28-10-6(18)3-25-9(10)5(17)2-16/h5-13,16-19H,2-4H2,1H3,(H,20,21)(H,22,23,24)/t5-,6+,7-,8+,9+,10-,11+,12-,13+,15-/m1/s1. The number of fused-ring (bicyclic) bond motifs is 1. The maximum Gasteiger partial charge on any atom is 0.397 e. The molecular formula is C15H24O15S. The van der Waals surface area contributed by atoms with Crippen LogP contribution in [0, 0.1) is 0 Å². The van der Waals surface area contributed by atoms with Crippen molar-refractivity contribution in [3.05, 3.63) is 0 Å². The van der Waals surface area contributed by atoms with Gasteiger partial charge in [0, 0.05) is 6.92 Å². The van der Waals surface area contributed by atoms with E-state index in [1.807, 2.05) is 0 Å². The predicted molar refractivity (Wildman–Crippen MR) is 91.7 cm³/mol. The van der Waals surface area contributed by atoms with Crippen LogP contribution in [-0.4, -0.2) is 125 Å². The number of hydrogen-bond donors (Lipinski definition) is 6. The lowest BCUT2D eigenvalue weighted by molar-refractivity contribution is -0.382. The Morgan fingerprint density at radius 1 is 1.26 bits per heavy atom. The van der Waals surface area contributed by atoms with Crippen molar-refractivity contribution in [1.29, 1.82) is 0 Å². The highest BCUT2D eigenvalue weighted by atomic mass is 32.3. The summed E-state index contributed by atoms with van der Waals surface area (Å²) in [6.45, 7) is -0.376. The summed E-state index contributed by atoms with van der Waals surface area (Å²) >= 11 is 0. The largest absolute Gasteiger partial charge is 0.477 e. The van der Waals surface area contributed by atoms with Crippen molar-refractivity contribution >= 4 is 16.4 Å². The minimum atomic E-state index is -5.16. The van der Waals surface area contributed by atoms with Crippen molar-refractivity contribution in [2.45, 2.75) is 67.8 Å². The van der Waals surface area contributed by atoms with Gasteiger partial charge in [0.2, 0.25) is 0 Å². The van der Waals surface area contributed by atoms with Crippen molar-refractivity contribution in [1.82, 2.24) is 0 Å². The minimum absolute atomic E-state index is 0.291. The van der Waals surface area contributed by atoms with Crippen LogP contribution in [0.3, 0.4) is 0 Å². The van der Waals surface area contributed by atoms with E-state index in [0.29, 0.717) is 0 Å². The van der Waals surface area contributed by atoms with Crippen LogP contribution in [0.15, 0.2) is 0 Å². The predicted octanol–water partition coefficient (Wildman–Crippen LogP) is -4.03. The Morgan fingerprint density at radius 3 is 2.52 bits per heavy atom. The number of rotatable bonds is 7. The Hall–Kier alpha value is -1.02. The Labute approximate surface area is 175 Å². The van der Waals surface area contributed by atoms with Gasteiger partial charge < -0.3 is 49.2 Å². The summed E-state index contributed by atoms with van der Waals surface area (Å²) in [5.74, 6) is -3.69. The number of aliphatic hydroxyl groups excluding tert-OH is 4. The summed E-state index contributed by atoms with van der Waals surface area (Å²) in [6.07, 6.45) is -13.6. The fourth-order valence-electron chi connectivity index (χ4n) is 3.55. The van der Waals surface area contributed by atoms with E-state index >= 15 is 0 Å². The molecule has 3 rings (SSSR count). The molecule has 3 heterocycles. The number of carboxylic acids is 1. The topological polar surface area (TPSA) is 228 Å². The average Bonchev–Trinajstić information content (AvgIpc) is 3.04. The Balaban J connectivity index is 1.85. The van der Waals surface area contributed by atoms with Crippen LogP contribution in [0.1, 0.15) is 6.92 Å². The lowest BCUT2D eigenvalue weighted by Crippen LogP contribution is -2.67. The highest BCUT2D eigenvalue weighted by Gasteiger charge is 2.57. The van der Waals surface area contributed by atoms with Gasteiger partial charge in [-0.2, -0.15) is 8.42 Å². The summed E-state index contributed by atoms with van der Waals surface area (Å²) in [4.78, 5) is 11.4. The monoisotopic (exact) mass is 476 g/mol. The second-order valence-corrected chi connectivity index (χ2v) is 8.43. The average molecular weight is 476 g/mol. The van der Waals surface area contributed by atoms with Gasteiger partial charge in [0.25, 0.3) is 5.79 Å². The molecule has 16 heteroatoms. The molecule has 0 spiro atoms. The Bertz CT molecular complexity index is 760. The van der Waals surface area contributed by atoms with Crippen molar-refractivity contribution in [3.63, 3.8) is 0 Å². The minimum Gasteiger partial charge on any atom is -0.477 e. The van der Waals surface area contributed by atoms with Crippen molar-refractivity contribution in [2.24, 2.45) is 0 Å². The van der Waals surface area contributed by atoms with E-state index in [-0.39, 0.29) is 6.61 Å². The van der Waals surface area contributed by atoms with Crippen LogP contribution in [-0.2, 0) is 43.1 Å². The first-order valence-corrected chi connectivity index (χ1v) is 10.5. The van der Waals surface area contributed by atoms with Crippen LogP contribution in [0.4, 0.5) is 0 Å². The first-order valence-electron chi connectivity index (χ1n) is 9.14. The normalized spacial score (nSPS) is 44.6. The molecule has 0 aromatic carbocycles.